The molecule has 0 atom stereocenters. The summed E-state index contributed by atoms with van der Waals surface area (Å²) in [6.07, 6.45) is 0.508. The van der Waals surface area contributed by atoms with E-state index in [1.807, 2.05) is 22.6 Å². The summed E-state index contributed by atoms with van der Waals surface area (Å²) < 4.78 is 20.8. The fourth-order valence-electron chi connectivity index (χ4n) is 1.96. The van der Waals surface area contributed by atoms with Crippen molar-refractivity contribution in [3.8, 4) is 0 Å². The molecule has 2 aromatic rings. The Bertz CT molecular complexity index is 645. The summed E-state index contributed by atoms with van der Waals surface area (Å²) in [6.45, 7) is 2.06. The highest BCUT2D eigenvalue weighted by atomic mass is 127. The van der Waals surface area contributed by atoms with E-state index in [1.165, 1.54) is 6.07 Å². The molecule has 1 aromatic carbocycles. The van der Waals surface area contributed by atoms with Crippen LogP contribution in [-0.4, -0.2) is 28.0 Å². The molecule has 0 aliphatic heterocycles. The predicted molar refractivity (Wildman–Crippen MR) is 83.5 cm³/mol. The Morgan fingerprint density at radius 2 is 2.30 bits per heavy atom. The van der Waals surface area contributed by atoms with Gasteiger partial charge in [-0.15, -0.1) is 11.6 Å². The van der Waals surface area contributed by atoms with Gasteiger partial charge in [-0.3, -0.25) is 4.79 Å². The molecule has 0 aliphatic rings. The van der Waals surface area contributed by atoms with Gasteiger partial charge in [0.05, 0.1) is 21.2 Å². The third-order valence-electron chi connectivity index (χ3n) is 2.78. The van der Waals surface area contributed by atoms with Crippen LogP contribution in [0.25, 0.3) is 11.0 Å². The van der Waals surface area contributed by atoms with Crippen LogP contribution in [0.5, 0.6) is 0 Å². The molecule has 0 radical (unpaired) electrons. The maximum atomic E-state index is 13.7. The number of carbonyl (C=O) groups excluding carboxylic acids is 1. The van der Waals surface area contributed by atoms with Crippen LogP contribution in [-0.2, 0) is 22.5 Å². The molecule has 0 aliphatic carbocycles. The van der Waals surface area contributed by atoms with Gasteiger partial charge in [0.15, 0.2) is 0 Å². The number of ether oxygens (including phenoxy) is 1. The van der Waals surface area contributed by atoms with Gasteiger partial charge in [0.2, 0.25) is 0 Å². The SMILES string of the molecule is CCOC(=O)Cn1c(CCCl)nc2cc(I)c(F)cc21. The molecule has 1 heterocycles. The second-order valence-corrected chi connectivity index (χ2v) is 5.65. The highest BCUT2D eigenvalue weighted by molar-refractivity contribution is 14.1. The Labute approximate surface area is 134 Å². The van der Waals surface area contributed by atoms with Crippen molar-refractivity contribution in [2.24, 2.45) is 0 Å². The zero-order chi connectivity index (χ0) is 14.7. The highest BCUT2D eigenvalue weighted by Gasteiger charge is 2.16. The normalized spacial score (nSPS) is 11.0. The van der Waals surface area contributed by atoms with Crippen molar-refractivity contribution < 1.29 is 13.9 Å². The van der Waals surface area contributed by atoms with Crippen LogP contribution in [0.2, 0.25) is 0 Å². The Morgan fingerprint density at radius 3 is 2.95 bits per heavy atom. The lowest BCUT2D eigenvalue weighted by Gasteiger charge is -2.08. The van der Waals surface area contributed by atoms with Crippen molar-refractivity contribution in [1.29, 1.82) is 0 Å². The molecule has 0 saturated heterocycles. The fraction of sp³-hybridized carbons (Fsp3) is 0.385. The Morgan fingerprint density at radius 1 is 1.55 bits per heavy atom. The summed E-state index contributed by atoms with van der Waals surface area (Å²) in [5, 5.41) is 0. The molecule has 0 spiro atoms. The molecule has 0 bridgehead atoms. The largest absolute Gasteiger partial charge is 0.465 e. The topological polar surface area (TPSA) is 44.1 Å². The Kier molecular flexibility index (Phi) is 5.20. The quantitative estimate of drug-likeness (QED) is 0.432. The minimum atomic E-state index is -0.374. The minimum absolute atomic E-state index is 0.0105. The Hall–Kier alpha value is -0.890. The van der Waals surface area contributed by atoms with Crippen molar-refractivity contribution in [1.82, 2.24) is 9.55 Å². The number of nitrogens with zero attached hydrogens (tertiary/aromatic N) is 2. The highest BCUT2D eigenvalue weighted by Crippen LogP contribution is 2.22. The lowest BCUT2D eigenvalue weighted by molar-refractivity contribution is -0.143. The zero-order valence-corrected chi connectivity index (χ0v) is 13.7. The van der Waals surface area contributed by atoms with Gasteiger partial charge in [0.1, 0.15) is 18.2 Å². The van der Waals surface area contributed by atoms with Crippen LogP contribution in [0.4, 0.5) is 4.39 Å². The van der Waals surface area contributed by atoms with Crippen LogP contribution in [0.3, 0.4) is 0 Å². The summed E-state index contributed by atoms with van der Waals surface area (Å²) in [6, 6.07) is 3.05. The second-order valence-electron chi connectivity index (χ2n) is 4.11. The first kappa shape index (κ1) is 15.5. The molecule has 7 heteroatoms. The molecule has 0 N–H and O–H groups in total. The molecule has 0 amide bonds. The number of aromatic nitrogens is 2. The second kappa shape index (κ2) is 6.71. The third-order valence-corrected chi connectivity index (χ3v) is 3.80. The number of esters is 1. The van der Waals surface area contributed by atoms with Crippen molar-refractivity contribution in [2.45, 2.75) is 19.9 Å². The maximum absolute atomic E-state index is 13.7. The number of aryl methyl sites for hydroxylation is 1. The monoisotopic (exact) mass is 410 g/mol. The van der Waals surface area contributed by atoms with Crippen molar-refractivity contribution >= 4 is 51.2 Å². The van der Waals surface area contributed by atoms with E-state index in [0.29, 0.717) is 39.3 Å². The standard InChI is InChI=1S/C13H13ClFIN2O2/c1-2-20-13(19)7-18-11-5-8(15)9(16)6-10(11)17-12(18)3-4-14/h5-6H,2-4,7H2,1H3. The van der Waals surface area contributed by atoms with E-state index in [-0.39, 0.29) is 18.3 Å². The number of benzene rings is 1. The average molecular weight is 411 g/mol. The number of hydrogen-bond acceptors (Lipinski definition) is 3. The smallest absolute Gasteiger partial charge is 0.326 e. The summed E-state index contributed by atoms with van der Waals surface area (Å²) in [5.41, 5.74) is 1.23. The van der Waals surface area contributed by atoms with Crippen molar-refractivity contribution in [3.63, 3.8) is 0 Å². The number of halogens is 3. The summed E-state index contributed by atoms with van der Waals surface area (Å²) >= 11 is 7.66. The van der Waals surface area contributed by atoms with E-state index in [1.54, 1.807) is 17.6 Å². The molecular formula is C13H13ClFIN2O2. The van der Waals surface area contributed by atoms with Crippen LogP contribution < -0.4 is 0 Å². The first-order valence-electron chi connectivity index (χ1n) is 6.12. The minimum Gasteiger partial charge on any atom is -0.465 e. The van der Waals surface area contributed by atoms with E-state index < -0.39 is 0 Å². The van der Waals surface area contributed by atoms with Gasteiger partial charge >= 0.3 is 5.97 Å². The van der Waals surface area contributed by atoms with Crippen molar-refractivity contribution in [2.75, 3.05) is 12.5 Å². The lowest BCUT2D eigenvalue weighted by Crippen LogP contribution is -2.16. The van der Waals surface area contributed by atoms with Gasteiger partial charge in [-0.25, -0.2) is 9.37 Å². The van der Waals surface area contributed by atoms with E-state index in [4.69, 9.17) is 16.3 Å². The molecule has 0 saturated carbocycles. The number of rotatable bonds is 5. The lowest BCUT2D eigenvalue weighted by atomic mass is 10.3. The van der Waals surface area contributed by atoms with Gasteiger partial charge in [-0.2, -0.15) is 0 Å². The van der Waals surface area contributed by atoms with Gasteiger partial charge < -0.3 is 9.30 Å². The number of carbonyl (C=O) groups is 1. The van der Waals surface area contributed by atoms with Gasteiger partial charge in [0, 0.05) is 18.4 Å². The predicted octanol–water partition coefficient (Wildman–Crippen LogP) is 3.12. The molecule has 108 valence electrons. The molecule has 4 nitrogen and oxygen atoms in total. The van der Waals surface area contributed by atoms with E-state index >= 15 is 0 Å². The summed E-state index contributed by atoms with van der Waals surface area (Å²) in [4.78, 5) is 16.1. The van der Waals surface area contributed by atoms with Gasteiger partial charge in [0.25, 0.3) is 0 Å². The summed E-state index contributed by atoms with van der Waals surface area (Å²) in [5.74, 6) is 0.331. The Balaban J connectivity index is 2.50. The maximum Gasteiger partial charge on any atom is 0.326 e. The summed E-state index contributed by atoms with van der Waals surface area (Å²) in [7, 11) is 0. The van der Waals surface area contributed by atoms with Gasteiger partial charge in [-0.1, -0.05) is 0 Å². The molecule has 1 aromatic heterocycles. The van der Waals surface area contributed by atoms with E-state index in [9.17, 15) is 9.18 Å². The number of imidazole rings is 1. The number of fused-ring (bicyclic) bond motifs is 1. The van der Waals surface area contributed by atoms with Crippen LogP contribution in [0, 0.1) is 9.39 Å². The van der Waals surface area contributed by atoms with Gasteiger partial charge in [-0.05, 0) is 35.6 Å². The molecule has 20 heavy (non-hydrogen) atoms. The molecular weight excluding hydrogens is 398 g/mol. The van der Waals surface area contributed by atoms with Crippen LogP contribution in [0.1, 0.15) is 12.7 Å². The van der Waals surface area contributed by atoms with E-state index in [0.717, 1.165) is 0 Å². The fourth-order valence-corrected chi connectivity index (χ4v) is 2.58. The molecule has 0 unspecified atom stereocenters. The first-order chi connectivity index (χ1) is 9.56. The van der Waals surface area contributed by atoms with Crippen LogP contribution in [0.15, 0.2) is 12.1 Å². The number of alkyl halides is 1. The van der Waals surface area contributed by atoms with Crippen LogP contribution >= 0.6 is 34.2 Å². The first-order valence-corrected chi connectivity index (χ1v) is 7.73. The van der Waals surface area contributed by atoms with E-state index in [2.05, 4.69) is 4.98 Å². The van der Waals surface area contributed by atoms with Crippen molar-refractivity contribution in [3.05, 3.63) is 27.3 Å². The zero-order valence-electron chi connectivity index (χ0n) is 10.8. The number of hydrogen-bond donors (Lipinski definition) is 0. The molecule has 0 fully saturated rings. The average Bonchev–Trinajstić information content (AvgIpc) is 2.69. The third kappa shape index (κ3) is 3.22. The molecule has 2 rings (SSSR count).